The summed E-state index contributed by atoms with van der Waals surface area (Å²) in [6.45, 7) is 5.60. The lowest BCUT2D eigenvalue weighted by atomic mass is 10.2. The van der Waals surface area contributed by atoms with Crippen LogP contribution >= 0.6 is 24.8 Å². The van der Waals surface area contributed by atoms with Crippen LogP contribution in [-0.4, -0.2) is 36.1 Å². The summed E-state index contributed by atoms with van der Waals surface area (Å²) in [6.07, 6.45) is 3.72. The maximum Gasteiger partial charge on any atom is 0.0271 e. The standard InChI is InChI=1S/C10H15N3.2ClH/c1-3-11-4-2-10(1)9-13-7-5-12-6-8-13;;/h1-4,12H,5-9H2;2*1H. The molecule has 0 radical (unpaired) electrons. The third-order valence-electron chi connectivity index (χ3n) is 2.37. The summed E-state index contributed by atoms with van der Waals surface area (Å²) in [5.74, 6) is 0. The van der Waals surface area contributed by atoms with Gasteiger partial charge in [0.05, 0.1) is 0 Å². The Hall–Kier alpha value is -0.350. The molecule has 1 N–H and O–H groups in total. The van der Waals surface area contributed by atoms with E-state index < -0.39 is 0 Å². The molecule has 0 amide bonds. The summed E-state index contributed by atoms with van der Waals surface area (Å²) in [5, 5.41) is 3.35. The average Bonchev–Trinajstić information content (AvgIpc) is 2.21. The molecule has 2 rings (SSSR count). The SMILES string of the molecule is Cl.Cl.c1cc(CN2CCNCC2)ccn1. The first-order chi connectivity index (χ1) is 6.45. The fourth-order valence-corrected chi connectivity index (χ4v) is 1.62. The van der Waals surface area contributed by atoms with Crippen LogP contribution in [0.2, 0.25) is 0 Å². The van der Waals surface area contributed by atoms with Gasteiger partial charge in [-0.05, 0) is 17.7 Å². The molecular formula is C10H17Cl2N3. The van der Waals surface area contributed by atoms with Crippen molar-refractivity contribution in [3.05, 3.63) is 30.1 Å². The lowest BCUT2D eigenvalue weighted by Gasteiger charge is -2.27. The number of aromatic nitrogens is 1. The molecule has 1 aliphatic heterocycles. The number of hydrogen-bond donors (Lipinski definition) is 1. The van der Waals surface area contributed by atoms with Crippen molar-refractivity contribution in [2.24, 2.45) is 0 Å². The normalized spacial score (nSPS) is 16.3. The molecule has 0 bridgehead atoms. The van der Waals surface area contributed by atoms with E-state index in [-0.39, 0.29) is 24.8 Å². The van der Waals surface area contributed by atoms with Gasteiger partial charge in [-0.3, -0.25) is 9.88 Å². The highest BCUT2D eigenvalue weighted by molar-refractivity contribution is 5.85. The van der Waals surface area contributed by atoms with Gasteiger partial charge in [-0.15, -0.1) is 24.8 Å². The van der Waals surface area contributed by atoms with Crippen LogP contribution in [0.5, 0.6) is 0 Å². The van der Waals surface area contributed by atoms with Crippen molar-refractivity contribution in [3.8, 4) is 0 Å². The van der Waals surface area contributed by atoms with E-state index in [0.29, 0.717) is 0 Å². The molecule has 86 valence electrons. The van der Waals surface area contributed by atoms with Gasteiger partial charge in [0.2, 0.25) is 0 Å². The van der Waals surface area contributed by atoms with E-state index in [0.717, 1.165) is 32.7 Å². The molecule has 2 heterocycles. The van der Waals surface area contributed by atoms with Gasteiger partial charge in [0.1, 0.15) is 0 Å². The van der Waals surface area contributed by atoms with Crippen LogP contribution in [0.3, 0.4) is 0 Å². The van der Waals surface area contributed by atoms with Crippen LogP contribution in [-0.2, 0) is 6.54 Å². The Morgan fingerprint density at radius 1 is 1.13 bits per heavy atom. The zero-order valence-electron chi connectivity index (χ0n) is 8.56. The molecule has 0 spiro atoms. The molecule has 1 aromatic heterocycles. The van der Waals surface area contributed by atoms with Crippen LogP contribution in [0, 0.1) is 0 Å². The number of nitrogens with one attached hydrogen (secondary N) is 1. The highest BCUT2D eigenvalue weighted by Crippen LogP contribution is 2.03. The number of halogens is 2. The molecule has 0 aliphatic carbocycles. The molecule has 1 saturated heterocycles. The molecule has 5 heteroatoms. The fraction of sp³-hybridized carbons (Fsp3) is 0.500. The summed E-state index contributed by atoms with van der Waals surface area (Å²) >= 11 is 0. The van der Waals surface area contributed by atoms with Gasteiger partial charge < -0.3 is 5.32 Å². The average molecular weight is 250 g/mol. The van der Waals surface area contributed by atoms with E-state index >= 15 is 0 Å². The fourth-order valence-electron chi connectivity index (χ4n) is 1.62. The van der Waals surface area contributed by atoms with E-state index in [9.17, 15) is 0 Å². The number of nitrogens with zero attached hydrogens (tertiary/aromatic N) is 2. The van der Waals surface area contributed by atoms with Crippen molar-refractivity contribution in [1.82, 2.24) is 15.2 Å². The third kappa shape index (κ3) is 4.80. The third-order valence-corrected chi connectivity index (χ3v) is 2.37. The minimum absolute atomic E-state index is 0. The number of pyridine rings is 1. The van der Waals surface area contributed by atoms with Crippen molar-refractivity contribution in [3.63, 3.8) is 0 Å². The van der Waals surface area contributed by atoms with E-state index in [1.165, 1.54) is 5.56 Å². The lowest BCUT2D eigenvalue weighted by Crippen LogP contribution is -2.42. The molecule has 0 unspecified atom stereocenters. The predicted octanol–water partition coefficient (Wildman–Crippen LogP) is 1.33. The van der Waals surface area contributed by atoms with Gasteiger partial charge in [0, 0.05) is 45.1 Å². The van der Waals surface area contributed by atoms with Crippen molar-refractivity contribution >= 4 is 24.8 Å². The first kappa shape index (κ1) is 14.6. The minimum Gasteiger partial charge on any atom is -0.314 e. The maximum atomic E-state index is 4.01. The second kappa shape index (κ2) is 7.88. The van der Waals surface area contributed by atoms with E-state index in [2.05, 4.69) is 27.3 Å². The molecule has 1 aromatic rings. The topological polar surface area (TPSA) is 28.2 Å². The van der Waals surface area contributed by atoms with E-state index in [1.54, 1.807) is 0 Å². The highest BCUT2D eigenvalue weighted by Gasteiger charge is 2.08. The Kier molecular flexibility index (Phi) is 7.70. The molecule has 0 aromatic carbocycles. The summed E-state index contributed by atoms with van der Waals surface area (Å²) in [6, 6.07) is 4.17. The van der Waals surface area contributed by atoms with Crippen molar-refractivity contribution < 1.29 is 0 Å². The first-order valence-electron chi connectivity index (χ1n) is 4.77. The number of rotatable bonds is 2. The van der Waals surface area contributed by atoms with Gasteiger partial charge in [-0.1, -0.05) is 0 Å². The van der Waals surface area contributed by atoms with E-state index in [4.69, 9.17) is 0 Å². The number of piperazine rings is 1. The van der Waals surface area contributed by atoms with Crippen LogP contribution in [0.1, 0.15) is 5.56 Å². The molecule has 1 aliphatic rings. The summed E-state index contributed by atoms with van der Waals surface area (Å²) in [4.78, 5) is 6.47. The van der Waals surface area contributed by atoms with Crippen molar-refractivity contribution in [2.75, 3.05) is 26.2 Å². The predicted molar refractivity (Wildman–Crippen MR) is 66.9 cm³/mol. The van der Waals surface area contributed by atoms with Crippen LogP contribution in [0.15, 0.2) is 24.5 Å². The Labute approximate surface area is 103 Å². The second-order valence-corrected chi connectivity index (χ2v) is 3.38. The second-order valence-electron chi connectivity index (χ2n) is 3.38. The monoisotopic (exact) mass is 249 g/mol. The summed E-state index contributed by atoms with van der Waals surface area (Å²) in [7, 11) is 0. The molecule has 0 atom stereocenters. The Morgan fingerprint density at radius 2 is 1.73 bits per heavy atom. The summed E-state index contributed by atoms with van der Waals surface area (Å²) < 4.78 is 0. The van der Waals surface area contributed by atoms with Crippen molar-refractivity contribution in [2.45, 2.75) is 6.54 Å². The van der Waals surface area contributed by atoms with E-state index in [1.807, 2.05) is 12.4 Å². The number of hydrogen-bond acceptors (Lipinski definition) is 3. The van der Waals surface area contributed by atoms with Crippen LogP contribution < -0.4 is 5.32 Å². The minimum atomic E-state index is 0. The Bertz CT molecular complexity index is 250. The Morgan fingerprint density at radius 3 is 2.33 bits per heavy atom. The van der Waals surface area contributed by atoms with Crippen LogP contribution in [0.25, 0.3) is 0 Å². The molecule has 15 heavy (non-hydrogen) atoms. The van der Waals surface area contributed by atoms with Gasteiger partial charge in [-0.25, -0.2) is 0 Å². The first-order valence-corrected chi connectivity index (χ1v) is 4.77. The lowest BCUT2D eigenvalue weighted by molar-refractivity contribution is 0.233. The largest absolute Gasteiger partial charge is 0.314 e. The van der Waals surface area contributed by atoms with Gasteiger partial charge in [0.15, 0.2) is 0 Å². The quantitative estimate of drug-likeness (QED) is 0.858. The zero-order chi connectivity index (χ0) is 8.93. The van der Waals surface area contributed by atoms with Gasteiger partial charge in [-0.2, -0.15) is 0 Å². The van der Waals surface area contributed by atoms with Gasteiger partial charge in [0.25, 0.3) is 0 Å². The highest BCUT2D eigenvalue weighted by atomic mass is 35.5. The molecular weight excluding hydrogens is 233 g/mol. The Balaban J connectivity index is 0.000000980. The zero-order valence-corrected chi connectivity index (χ0v) is 10.2. The van der Waals surface area contributed by atoms with Gasteiger partial charge >= 0.3 is 0 Å². The summed E-state index contributed by atoms with van der Waals surface area (Å²) in [5.41, 5.74) is 1.36. The van der Waals surface area contributed by atoms with Crippen LogP contribution in [0.4, 0.5) is 0 Å². The van der Waals surface area contributed by atoms with Crippen molar-refractivity contribution in [1.29, 1.82) is 0 Å². The molecule has 3 nitrogen and oxygen atoms in total. The smallest absolute Gasteiger partial charge is 0.0271 e. The maximum absolute atomic E-state index is 4.01. The molecule has 0 saturated carbocycles. The molecule has 1 fully saturated rings.